The van der Waals surface area contributed by atoms with Crippen molar-refractivity contribution in [2.45, 2.75) is 71.8 Å². The molecule has 0 spiro atoms. The molecule has 7 nitrogen and oxygen atoms in total. The second kappa shape index (κ2) is 13.4. The molecule has 39 heavy (non-hydrogen) atoms. The number of hydrogen-bond acceptors (Lipinski definition) is 4. The first-order valence-corrected chi connectivity index (χ1v) is 15.6. The lowest BCUT2D eigenvalue weighted by molar-refractivity contribution is 0.102. The quantitative estimate of drug-likeness (QED) is 0.402. The highest BCUT2D eigenvalue weighted by molar-refractivity contribution is 7.86. The van der Waals surface area contributed by atoms with Crippen LogP contribution in [-0.4, -0.2) is 74.2 Å². The van der Waals surface area contributed by atoms with Gasteiger partial charge in [0.15, 0.2) is 0 Å². The van der Waals surface area contributed by atoms with Gasteiger partial charge in [0, 0.05) is 51.0 Å². The number of piperidine rings is 1. The van der Waals surface area contributed by atoms with E-state index in [4.69, 9.17) is 0 Å². The third-order valence-corrected chi connectivity index (χ3v) is 9.66. The Bertz CT molecular complexity index is 1180. The van der Waals surface area contributed by atoms with Crippen molar-refractivity contribution >= 4 is 21.8 Å². The fraction of sp³-hybridized carbons (Fsp3) is 0.581. The second-order valence-corrected chi connectivity index (χ2v) is 14.3. The maximum Gasteiger partial charge on any atom is 0.281 e. The van der Waals surface area contributed by atoms with Gasteiger partial charge in [0.1, 0.15) is 0 Å². The van der Waals surface area contributed by atoms with Crippen molar-refractivity contribution in [1.82, 2.24) is 13.5 Å². The first-order chi connectivity index (χ1) is 18.3. The van der Waals surface area contributed by atoms with E-state index in [0.717, 1.165) is 44.5 Å². The van der Waals surface area contributed by atoms with E-state index in [-0.39, 0.29) is 11.3 Å². The minimum atomic E-state index is -3.33. The minimum Gasteiger partial charge on any atom is -0.322 e. The van der Waals surface area contributed by atoms with E-state index >= 15 is 0 Å². The molecule has 0 saturated carbocycles. The fourth-order valence-corrected chi connectivity index (χ4v) is 6.37. The first kappa shape index (κ1) is 31.3. The molecule has 1 atom stereocenters. The largest absolute Gasteiger partial charge is 0.322 e. The highest BCUT2D eigenvalue weighted by Crippen LogP contribution is 2.25. The molecule has 0 bridgehead atoms. The summed E-state index contributed by atoms with van der Waals surface area (Å²) in [6.07, 6.45) is 3.73. The Balaban J connectivity index is 1.59. The number of amides is 1. The van der Waals surface area contributed by atoms with Crippen molar-refractivity contribution < 1.29 is 13.2 Å². The van der Waals surface area contributed by atoms with Crippen molar-refractivity contribution in [3.05, 3.63) is 65.2 Å². The van der Waals surface area contributed by atoms with E-state index in [0.29, 0.717) is 30.6 Å². The SMILES string of the molecule is CCCN(CC1CCN(S(=O)(=O)N(C)C)CC1)C(C)Cc1cccc(NC(=O)c2ccc(C(C)(C)C)cc2)c1. The Morgan fingerprint density at radius 3 is 2.28 bits per heavy atom. The van der Waals surface area contributed by atoms with E-state index in [9.17, 15) is 13.2 Å². The molecule has 1 heterocycles. The van der Waals surface area contributed by atoms with E-state index in [1.165, 1.54) is 15.4 Å². The first-order valence-electron chi connectivity index (χ1n) is 14.2. The van der Waals surface area contributed by atoms with Crippen molar-refractivity contribution in [3.8, 4) is 0 Å². The lowest BCUT2D eigenvalue weighted by Crippen LogP contribution is -2.47. The zero-order valence-electron chi connectivity index (χ0n) is 24.9. The van der Waals surface area contributed by atoms with Crippen LogP contribution in [0.4, 0.5) is 5.69 Å². The highest BCUT2D eigenvalue weighted by Gasteiger charge is 2.30. The molecule has 1 aliphatic heterocycles. The molecule has 1 fully saturated rings. The van der Waals surface area contributed by atoms with Crippen molar-refractivity contribution in [2.24, 2.45) is 5.92 Å². The minimum absolute atomic E-state index is 0.0513. The van der Waals surface area contributed by atoms with E-state index in [2.05, 4.69) is 57.0 Å². The van der Waals surface area contributed by atoms with Gasteiger partial charge in [0.05, 0.1) is 0 Å². The van der Waals surface area contributed by atoms with Crippen LogP contribution in [0, 0.1) is 5.92 Å². The van der Waals surface area contributed by atoms with Gasteiger partial charge in [0.25, 0.3) is 16.1 Å². The molecule has 1 saturated heterocycles. The molecule has 3 rings (SSSR count). The van der Waals surface area contributed by atoms with E-state index in [1.807, 2.05) is 36.4 Å². The van der Waals surface area contributed by atoms with Crippen LogP contribution in [0.1, 0.15) is 75.4 Å². The molecule has 1 unspecified atom stereocenters. The Labute approximate surface area is 236 Å². The zero-order valence-corrected chi connectivity index (χ0v) is 25.7. The molecule has 216 valence electrons. The summed E-state index contributed by atoms with van der Waals surface area (Å²) >= 11 is 0. The number of carbonyl (C=O) groups is 1. The van der Waals surface area contributed by atoms with Gasteiger partial charge in [-0.2, -0.15) is 17.0 Å². The third-order valence-electron chi connectivity index (χ3n) is 7.72. The lowest BCUT2D eigenvalue weighted by Gasteiger charge is -2.37. The summed E-state index contributed by atoms with van der Waals surface area (Å²) in [6.45, 7) is 14.1. The summed E-state index contributed by atoms with van der Waals surface area (Å²) < 4.78 is 27.8. The number of rotatable bonds is 11. The van der Waals surface area contributed by atoms with Crippen LogP contribution >= 0.6 is 0 Å². The number of nitrogens with zero attached hydrogens (tertiary/aromatic N) is 3. The van der Waals surface area contributed by atoms with Gasteiger partial charge in [-0.15, -0.1) is 0 Å². The average Bonchev–Trinajstić information content (AvgIpc) is 2.88. The van der Waals surface area contributed by atoms with Gasteiger partial charge in [0.2, 0.25) is 0 Å². The second-order valence-electron chi connectivity index (χ2n) is 12.2. The monoisotopic (exact) mass is 556 g/mol. The van der Waals surface area contributed by atoms with Crippen molar-refractivity contribution in [3.63, 3.8) is 0 Å². The molecule has 2 aromatic carbocycles. The zero-order chi connectivity index (χ0) is 28.8. The highest BCUT2D eigenvalue weighted by atomic mass is 32.2. The van der Waals surface area contributed by atoms with Gasteiger partial charge < -0.3 is 10.2 Å². The lowest BCUT2D eigenvalue weighted by atomic mass is 9.87. The molecule has 2 aromatic rings. The van der Waals surface area contributed by atoms with Gasteiger partial charge in [-0.3, -0.25) is 4.79 Å². The van der Waals surface area contributed by atoms with Crippen LogP contribution in [0.25, 0.3) is 0 Å². The van der Waals surface area contributed by atoms with Crippen LogP contribution in [0.3, 0.4) is 0 Å². The molecule has 0 radical (unpaired) electrons. The maximum atomic E-state index is 12.9. The molecular formula is C31H48N4O3S. The summed E-state index contributed by atoms with van der Waals surface area (Å²) in [6, 6.07) is 16.3. The van der Waals surface area contributed by atoms with Crippen LogP contribution in [-0.2, 0) is 22.0 Å². The molecule has 8 heteroatoms. The maximum absolute atomic E-state index is 12.9. The Kier molecular flexibility index (Phi) is 10.7. The van der Waals surface area contributed by atoms with Crippen LogP contribution in [0.2, 0.25) is 0 Å². The van der Waals surface area contributed by atoms with E-state index < -0.39 is 10.2 Å². The van der Waals surface area contributed by atoms with Crippen LogP contribution in [0.15, 0.2) is 48.5 Å². The Morgan fingerprint density at radius 2 is 1.72 bits per heavy atom. The number of nitrogens with one attached hydrogen (secondary N) is 1. The Morgan fingerprint density at radius 1 is 1.08 bits per heavy atom. The molecule has 1 amide bonds. The van der Waals surface area contributed by atoms with Crippen molar-refractivity contribution in [1.29, 1.82) is 0 Å². The molecular weight excluding hydrogens is 508 g/mol. The van der Waals surface area contributed by atoms with Gasteiger partial charge >= 0.3 is 0 Å². The summed E-state index contributed by atoms with van der Waals surface area (Å²) in [5.74, 6) is 0.388. The standard InChI is InChI=1S/C31H48N4O3S/c1-8-18-34(23-25-16-19-35(20-17-25)39(37,38)33(6)7)24(2)21-26-10-9-11-29(22-26)32-30(36)27-12-14-28(15-13-27)31(3,4)5/h9-15,22,24-25H,8,16-21,23H2,1-7H3,(H,32,36). The molecule has 0 aliphatic carbocycles. The summed E-state index contributed by atoms with van der Waals surface area (Å²) in [5, 5.41) is 3.06. The topological polar surface area (TPSA) is 73.0 Å². The van der Waals surface area contributed by atoms with Gasteiger partial charge in [-0.05, 0) is 85.9 Å². The number of benzene rings is 2. The fourth-order valence-electron chi connectivity index (χ4n) is 5.24. The predicted octanol–water partition coefficient (Wildman–Crippen LogP) is 5.40. The van der Waals surface area contributed by atoms with Gasteiger partial charge in [-0.25, -0.2) is 0 Å². The van der Waals surface area contributed by atoms with Crippen LogP contribution in [0.5, 0.6) is 0 Å². The van der Waals surface area contributed by atoms with E-state index in [1.54, 1.807) is 18.4 Å². The Hall–Kier alpha value is -2.26. The number of hydrogen-bond donors (Lipinski definition) is 1. The summed E-state index contributed by atoms with van der Waals surface area (Å²) in [5.41, 5.74) is 3.91. The molecule has 1 aliphatic rings. The average molecular weight is 557 g/mol. The van der Waals surface area contributed by atoms with Crippen LogP contribution < -0.4 is 5.32 Å². The number of anilines is 1. The van der Waals surface area contributed by atoms with Crippen molar-refractivity contribution in [2.75, 3.05) is 45.6 Å². The predicted molar refractivity (Wildman–Crippen MR) is 161 cm³/mol. The van der Waals surface area contributed by atoms with Gasteiger partial charge in [-0.1, -0.05) is 52.0 Å². The normalized spacial score (nSPS) is 16.5. The molecule has 1 N–H and O–H groups in total. The smallest absolute Gasteiger partial charge is 0.281 e. The third kappa shape index (κ3) is 8.61. The summed E-state index contributed by atoms with van der Waals surface area (Å²) in [4.78, 5) is 15.4. The number of carbonyl (C=O) groups excluding carboxylic acids is 1. The summed E-state index contributed by atoms with van der Waals surface area (Å²) in [7, 11) is -0.147. The molecule has 0 aromatic heterocycles.